The quantitative estimate of drug-likeness (QED) is 0.658. The second-order valence-electron chi connectivity index (χ2n) is 7.23. The second kappa shape index (κ2) is 7.53. The first-order valence-corrected chi connectivity index (χ1v) is 9.73. The van der Waals surface area contributed by atoms with Gasteiger partial charge in [-0.2, -0.15) is 0 Å². The van der Waals surface area contributed by atoms with E-state index in [4.69, 9.17) is 12.2 Å². The zero-order valence-electron chi connectivity index (χ0n) is 15.6. The summed E-state index contributed by atoms with van der Waals surface area (Å²) in [5.74, 6) is 0. The summed E-state index contributed by atoms with van der Waals surface area (Å²) in [6.45, 7) is 5.16. The van der Waals surface area contributed by atoms with Gasteiger partial charge < -0.3 is 14.8 Å². The molecule has 0 saturated carbocycles. The number of hydrogen-bond acceptors (Lipinski definition) is 2. The minimum atomic E-state index is 0.0328. The lowest BCUT2D eigenvalue weighted by Crippen LogP contribution is -2.29. The van der Waals surface area contributed by atoms with Crippen LogP contribution in [0.5, 0.6) is 0 Å². The molecule has 0 spiro atoms. The number of aromatic nitrogens is 2. The standard InChI is InChI=1S/C22H24N4S/c1-16(2)25-13-11-18(15-25)21-20(19-10-6-7-12-23-19)24-22(27)26(21)14-17-8-4-3-5-9-17/h3-13,15-16,20-21H,14H2,1-2H3,(H,24,27). The first kappa shape index (κ1) is 17.7. The van der Waals surface area contributed by atoms with E-state index >= 15 is 0 Å². The lowest BCUT2D eigenvalue weighted by atomic mass is 9.98. The fraction of sp³-hybridized carbons (Fsp3) is 0.273. The summed E-state index contributed by atoms with van der Waals surface area (Å²) in [6, 6.07) is 19.3. The highest BCUT2D eigenvalue weighted by Gasteiger charge is 2.40. The molecule has 0 aliphatic carbocycles. The van der Waals surface area contributed by atoms with Gasteiger partial charge in [-0.25, -0.2) is 0 Å². The van der Waals surface area contributed by atoms with E-state index in [1.165, 1.54) is 11.1 Å². The maximum atomic E-state index is 5.73. The van der Waals surface area contributed by atoms with E-state index in [1.54, 1.807) is 0 Å². The van der Waals surface area contributed by atoms with Crippen molar-refractivity contribution in [1.82, 2.24) is 19.8 Å². The van der Waals surface area contributed by atoms with Crippen LogP contribution in [0.2, 0.25) is 0 Å². The molecule has 27 heavy (non-hydrogen) atoms. The zero-order valence-corrected chi connectivity index (χ0v) is 16.4. The zero-order chi connectivity index (χ0) is 18.8. The Morgan fingerprint density at radius 2 is 1.85 bits per heavy atom. The van der Waals surface area contributed by atoms with Gasteiger partial charge in [0.05, 0.1) is 17.8 Å². The lowest BCUT2D eigenvalue weighted by molar-refractivity contribution is 0.311. The van der Waals surface area contributed by atoms with Crippen molar-refractivity contribution in [2.45, 2.75) is 38.5 Å². The molecule has 0 amide bonds. The molecule has 0 radical (unpaired) electrons. The molecule has 1 saturated heterocycles. The van der Waals surface area contributed by atoms with Crippen LogP contribution in [0.15, 0.2) is 73.2 Å². The van der Waals surface area contributed by atoms with Crippen LogP contribution in [0, 0.1) is 0 Å². The number of nitrogens with one attached hydrogen (secondary N) is 1. The smallest absolute Gasteiger partial charge is 0.170 e. The largest absolute Gasteiger partial charge is 0.352 e. The van der Waals surface area contributed by atoms with E-state index in [0.717, 1.165) is 17.4 Å². The molecule has 1 aromatic carbocycles. The van der Waals surface area contributed by atoms with Crippen LogP contribution in [0.1, 0.15) is 48.8 Å². The lowest BCUT2D eigenvalue weighted by Gasteiger charge is -2.27. The summed E-state index contributed by atoms with van der Waals surface area (Å²) in [7, 11) is 0. The average Bonchev–Trinajstić information content (AvgIpc) is 3.29. The Morgan fingerprint density at radius 3 is 2.52 bits per heavy atom. The van der Waals surface area contributed by atoms with Gasteiger partial charge in [-0.15, -0.1) is 0 Å². The van der Waals surface area contributed by atoms with E-state index in [-0.39, 0.29) is 12.1 Å². The monoisotopic (exact) mass is 376 g/mol. The molecule has 3 heterocycles. The maximum absolute atomic E-state index is 5.73. The molecule has 3 aromatic rings. The molecule has 4 nitrogen and oxygen atoms in total. The van der Waals surface area contributed by atoms with Crippen molar-refractivity contribution < 1.29 is 0 Å². The van der Waals surface area contributed by atoms with Gasteiger partial charge >= 0.3 is 0 Å². The van der Waals surface area contributed by atoms with Crippen molar-refractivity contribution in [3.8, 4) is 0 Å². The first-order valence-electron chi connectivity index (χ1n) is 9.33. The summed E-state index contributed by atoms with van der Waals surface area (Å²) in [4.78, 5) is 6.88. The molecule has 5 heteroatoms. The molecule has 0 bridgehead atoms. The van der Waals surface area contributed by atoms with Gasteiger partial charge in [0.2, 0.25) is 0 Å². The van der Waals surface area contributed by atoms with Crippen LogP contribution in [-0.2, 0) is 6.54 Å². The van der Waals surface area contributed by atoms with Gasteiger partial charge in [-0.05, 0) is 55.4 Å². The first-order chi connectivity index (χ1) is 13.1. The Balaban J connectivity index is 1.73. The molecule has 1 aliphatic heterocycles. The van der Waals surface area contributed by atoms with E-state index in [2.05, 4.69) is 82.4 Å². The van der Waals surface area contributed by atoms with Gasteiger partial charge in [-0.3, -0.25) is 4.98 Å². The third-order valence-corrected chi connectivity index (χ3v) is 5.42. The van der Waals surface area contributed by atoms with Crippen molar-refractivity contribution in [3.05, 3.63) is 90.0 Å². The molecule has 4 rings (SSSR count). The minimum Gasteiger partial charge on any atom is -0.352 e. The molecule has 1 aliphatic rings. The Kier molecular flexibility index (Phi) is 4.94. The van der Waals surface area contributed by atoms with Gasteiger partial charge in [0.15, 0.2) is 5.11 Å². The van der Waals surface area contributed by atoms with Crippen LogP contribution in [0.3, 0.4) is 0 Å². The van der Waals surface area contributed by atoms with E-state index in [1.807, 2.05) is 24.4 Å². The second-order valence-corrected chi connectivity index (χ2v) is 7.61. The van der Waals surface area contributed by atoms with Crippen molar-refractivity contribution in [3.63, 3.8) is 0 Å². The summed E-state index contributed by atoms with van der Waals surface area (Å²) in [5.41, 5.74) is 3.51. The molecule has 2 unspecified atom stereocenters. The van der Waals surface area contributed by atoms with Crippen LogP contribution >= 0.6 is 12.2 Å². The number of hydrogen-bond donors (Lipinski definition) is 1. The Labute approximate surface area is 165 Å². The van der Waals surface area contributed by atoms with E-state index in [9.17, 15) is 0 Å². The van der Waals surface area contributed by atoms with Crippen LogP contribution in [0.25, 0.3) is 0 Å². The Morgan fingerprint density at radius 1 is 1.07 bits per heavy atom. The Hall–Kier alpha value is -2.66. The van der Waals surface area contributed by atoms with Crippen molar-refractivity contribution >= 4 is 17.3 Å². The maximum Gasteiger partial charge on any atom is 0.170 e. The predicted octanol–water partition coefficient (Wildman–Crippen LogP) is 4.64. The van der Waals surface area contributed by atoms with Gasteiger partial charge in [0, 0.05) is 31.2 Å². The third-order valence-electron chi connectivity index (χ3n) is 5.07. The van der Waals surface area contributed by atoms with Crippen molar-refractivity contribution in [1.29, 1.82) is 0 Å². The fourth-order valence-electron chi connectivity index (χ4n) is 3.65. The number of benzene rings is 1. The molecular formula is C22H24N4S. The number of rotatable bonds is 5. The average molecular weight is 377 g/mol. The Bertz CT molecular complexity index is 904. The van der Waals surface area contributed by atoms with Crippen LogP contribution in [0.4, 0.5) is 0 Å². The van der Waals surface area contributed by atoms with Crippen molar-refractivity contribution in [2.24, 2.45) is 0 Å². The molecule has 1 N–H and O–H groups in total. The number of thiocarbonyl (C=S) groups is 1. The SMILES string of the molecule is CC(C)n1ccc(C2C(c3ccccn3)NC(=S)N2Cc2ccccc2)c1. The topological polar surface area (TPSA) is 33.1 Å². The molecule has 2 aromatic heterocycles. The van der Waals surface area contributed by atoms with Gasteiger partial charge in [-0.1, -0.05) is 36.4 Å². The highest BCUT2D eigenvalue weighted by molar-refractivity contribution is 7.80. The molecular weight excluding hydrogens is 352 g/mol. The summed E-state index contributed by atoms with van der Waals surface area (Å²) < 4.78 is 2.24. The van der Waals surface area contributed by atoms with Gasteiger partial charge in [0.25, 0.3) is 0 Å². The number of pyridine rings is 1. The van der Waals surface area contributed by atoms with Gasteiger partial charge in [0.1, 0.15) is 0 Å². The molecule has 2 atom stereocenters. The van der Waals surface area contributed by atoms with E-state index < -0.39 is 0 Å². The molecule has 138 valence electrons. The highest BCUT2D eigenvalue weighted by atomic mass is 32.1. The number of nitrogens with zero attached hydrogens (tertiary/aromatic N) is 3. The van der Waals surface area contributed by atoms with E-state index in [0.29, 0.717) is 6.04 Å². The minimum absolute atomic E-state index is 0.0328. The third kappa shape index (κ3) is 3.60. The fourth-order valence-corrected chi connectivity index (χ4v) is 3.95. The van der Waals surface area contributed by atoms with Crippen LogP contribution < -0.4 is 5.32 Å². The highest BCUT2D eigenvalue weighted by Crippen LogP contribution is 2.39. The van der Waals surface area contributed by atoms with Crippen LogP contribution in [-0.4, -0.2) is 19.6 Å². The summed E-state index contributed by atoms with van der Waals surface area (Å²) in [5, 5.41) is 4.29. The predicted molar refractivity (Wildman–Crippen MR) is 112 cm³/mol. The summed E-state index contributed by atoms with van der Waals surface area (Å²) in [6.07, 6.45) is 6.23. The molecule has 1 fully saturated rings. The summed E-state index contributed by atoms with van der Waals surface area (Å²) >= 11 is 5.73. The van der Waals surface area contributed by atoms with Crippen molar-refractivity contribution in [2.75, 3.05) is 0 Å². The normalized spacial score (nSPS) is 19.5.